The topological polar surface area (TPSA) is 54.8 Å². The van der Waals surface area contributed by atoms with Crippen molar-refractivity contribution in [2.24, 2.45) is 0 Å². The fourth-order valence-corrected chi connectivity index (χ4v) is 2.49. The average molecular weight is 255 g/mol. The molecule has 1 saturated heterocycles. The molecule has 0 atom stereocenters. The molecule has 0 aliphatic carbocycles. The van der Waals surface area contributed by atoms with Gasteiger partial charge in [0.15, 0.2) is 5.82 Å². The van der Waals surface area contributed by atoms with Crippen molar-refractivity contribution in [1.29, 1.82) is 0 Å². The predicted octanol–water partition coefficient (Wildman–Crippen LogP) is 1.96. The summed E-state index contributed by atoms with van der Waals surface area (Å²) in [5.74, 6) is 1.49. The average Bonchev–Trinajstić information content (AvgIpc) is 2.49. The summed E-state index contributed by atoms with van der Waals surface area (Å²) < 4.78 is 0. The molecule has 0 radical (unpaired) electrons. The van der Waals surface area contributed by atoms with Crippen molar-refractivity contribution in [3.05, 3.63) is 42.1 Å². The van der Waals surface area contributed by atoms with Crippen molar-refractivity contribution in [2.75, 3.05) is 18.0 Å². The fourth-order valence-electron chi connectivity index (χ4n) is 2.49. The van der Waals surface area contributed by atoms with Gasteiger partial charge >= 0.3 is 0 Å². The van der Waals surface area contributed by atoms with E-state index in [1.165, 1.54) is 0 Å². The van der Waals surface area contributed by atoms with Crippen molar-refractivity contribution in [3.8, 4) is 0 Å². The second-order valence-corrected chi connectivity index (χ2v) is 4.92. The van der Waals surface area contributed by atoms with Crippen LogP contribution in [0.5, 0.6) is 0 Å². The molecule has 5 heteroatoms. The van der Waals surface area contributed by atoms with Crippen LogP contribution in [-0.2, 0) is 0 Å². The maximum absolute atomic E-state index is 4.40. The Labute approximate surface area is 112 Å². The van der Waals surface area contributed by atoms with Gasteiger partial charge in [-0.05, 0) is 31.9 Å². The van der Waals surface area contributed by atoms with Gasteiger partial charge in [0.1, 0.15) is 0 Å². The summed E-state index contributed by atoms with van der Waals surface area (Å²) in [7, 11) is 0. The summed E-state index contributed by atoms with van der Waals surface area (Å²) in [6.07, 6.45) is 7.56. The molecule has 0 spiro atoms. The Morgan fingerprint density at radius 3 is 2.58 bits per heavy atom. The van der Waals surface area contributed by atoms with Crippen molar-refractivity contribution in [1.82, 2.24) is 20.2 Å². The first-order valence-electron chi connectivity index (χ1n) is 6.64. The zero-order valence-corrected chi connectivity index (χ0v) is 11.0. The van der Waals surface area contributed by atoms with E-state index >= 15 is 0 Å². The van der Waals surface area contributed by atoms with E-state index < -0.39 is 0 Å². The highest BCUT2D eigenvalue weighted by Gasteiger charge is 2.22. The van der Waals surface area contributed by atoms with Crippen LogP contribution in [0.15, 0.2) is 30.7 Å². The lowest BCUT2D eigenvalue weighted by atomic mass is 9.94. The molecule has 98 valence electrons. The van der Waals surface area contributed by atoms with Crippen LogP contribution in [0.4, 0.5) is 5.82 Å². The molecule has 5 nitrogen and oxygen atoms in total. The number of aromatic nitrogens is 4. The minimum Gasteiger partial charge on any atom is -0.355 e. The van der Waals surface area contributed by atoms with Gasteiger partial charge in [-0.25, -0.2) is 0 Å². The summed E-state index contributed by atoms with van der Waals surface area (Å²) in [4.78, 5) is 10.8. The van der Waals surface area contributed by atoms with E-state index in [4.69, 9.17) is 0 Å². The normalized spacial score (nSPS) is 16.6. The van der Waals surface area contributed by atoms with Gasteiger partial charge in [0, 0.05) is 37.6 Å². The number of aryl methyl sites for hydroxylation is 1. The van der Waals surface area contributed by atoms with Gasteiger partial charge in [-0.1, -0.05) is 0 Å². The Morgan fingerprint density at radius 1 is 1.11 bits per heavy atom. The lowest BCUT2D eigenvalue weighted by Crippen LogP contribution is -2.33. The number of hydrogen-bond acceptors (Lipinski definition) is 5. The Morgan fingerprint density at radius 2 is 1.95 bits per heavy atom. The van der Waals surface area contributed by atoms with Crippen molar-refractivity contribution in [3.63, 3.8) is 0 Å². The third-order valence-corrected chi connectivity index (χ3v) is 3.60. The van der Waals surface area contributed by atoms with Crippen LogP contribution in [0.25, 0.3) is 0 Å². The third kappa shape index (κ3) is 2.70. The highest BCUT2D eigenvalue weighted by molar-refractivity contribution is 5.38. The van der Waals surface area contributed by atoms with E-state index in [1.807, 2.05) is 25.3 Å². The number of anilines is 1. The summed E-state index contributed by atoms with van der Waals surface area (Å²) in [6.45, 7) is 3.95. The summed E-state index contributed by atoms with van der Waals surface area (Å²) >= 11 is 0. The number of hydrogen-bond donors (Lipinski definition) is 0. The van der Waals surface area contributed by atoms with Crippen LogP contribution in [-0.4, -0.2) is 33.3 Å². The summed E-state index contributed by atoms with van der Waals surface area (Å²) in [5, 5.41) is 8.37. The van der Waals surface area contributed by atoms with Gasteiger partial charge in [0.25, 0.3) is 0 Å². The first kappa shape index (κ1) is 12.0. The Kier molecular flexibility index (Phi) is 3.35. The van der Waals surface area contributed by atoms with E-state index in [0.29, 0.717) is 5.92 Å². The smallest absolute Gasteiger partial charge is 0.151 e. The maximum atomic E-state index is 4.40. The minimum absolute atomic E-state index is 0.517. The van der Waals surface area contributed by atoms with Crippen LogP contribution >= 0.6 is 0 Å². The standard InChI is InChI=1S/C14H17N5/c1-11-2-3-14(18-17-11)19-8-4-12(5-9-19)13-10-15-6-7-16-13/h2-3,6-7,10,12H,4-5,8-9H2,1H3. The molecule has 0 amide bonds. The largest absolute Gasteiger partial charge is 0.355 e. The van der Waals surface area contributed by atoms with Crippen molar-refractivity contribution >= 4 is 5.82 Å². The molecule has 2 aromatic heterocycles. The van der Waals surface area contributed by atoms with Crippen LogP contribution in [0.2, 0.25) is 0 Å². The molecule has 1 aliphatic heterocycles. The first-order valence-corrected chi connectivity index (χ1v) is 6.64. The number of rotatable bonds is 2. The Bertz CT molecular complexity index is 517. The molecule has 19 heavy (non-hydrogen) atoms. The zero-order chi connectivity index (χ0) is 13.1. The first-order chi connectivity index (χ1) is 9.33. The minimum atomic E-state index is 0.517. The van der Waals surface area contributed by atoms with Crippen molar-refractivity contribution in [2.45, 2.75) is 25.7 Å². The maximum Gasteiger partial charge on any atom is 0.151 e. The second kappa shape index (κ2) is 5.30. The number of nitrogens with zero attached hydrogens (tertiary/aromatic N) is 5. The van der Waals surface area contributed by atoms with Gasteiger partial charge in [0.05, 0.1) is 11.4 Å². The van der Waals surface area contributed by atoms with Crippen LogP contribution in [0.1, 0.15) is 30.1 Å². The molecule has 0 bridgehead atoms. The van der Waals surface area contributed by atoms with Crippen LogP contribution < -0.4 is 4.90 Å². The van der Waals surface area contributed by atoms with Crippen LogP contribution in [0.3, 0.4) is 0 Å². The molecule has 3 rings (SSSR count). The lowest BCUT2D eigenvalue weighted by Gasteiger charge is -2.32. The van der Waals surface area contributed by atoms with Crippen molar-refractivity contribution < 1.29 is 0 Å². The zero-order valence-electron chi connectivity index (χ0n) is 11.0. The highest BCUT2D eigenvalue weighted by atomic mass is 15.3. The van der Waals surface area contributed by atoms with E-state index in [-0.39, 0.29) is 0 Å². The predicted molar refractivity (Wildman–Crippen MR) is 73.0 cm³/mol. The molecule has 0 unspecified atom stereocenters. The molecule has 0 N–H and O–H groups in total. The van der Waals surface area contributed by atoms with Gasteiger partial charge < -0.3 is 4.90 Å². The van der Waals surface area contributed by atoms with Crippen LogP contribution in [0, 0.1) is 6.92 Å². The third-order valence-electron chi connectivity index (χ3n) is 3.60. The molecule has 1 fully saturated rings. The van der Waals surface area contributed by atoms with Gasteiger partial charge in [-0.15, -0.1) is 5.10 Å². The fraction of sp³-hybridized carbons (Fsp3) is 0.429. The van der Waals surface area contributed by atoms with E-state index in [2.05, 4.69) is 25.1 Å². The van der Waals surface area contributed by atoms with E-state index in [1.54, 1.807) is 12.4 Å². The Balaban J connectivity index is 1.65. The quantitative estimate of drug-likeness (QED) is 0.821. The number of piperidine rings is 1. The highest BCUT2D eigenvalue weighted by Crippen LogP contribution is 2.27. The molecular weight excluding hydrogens is 238 g/mol. The molecule has 0 saturated carbocycles. The molecule has 3 heterocycles. The van der Waals surface area contributed by atoms with Gasteiger partial charge in [-0.2, -0.15) is 5.10 Å². The van der Waals surface area contributed by atoms with Gasteiger partial charge in [0.2, 0.25) is 0 Å². The van der Waals surface area contributed by atoms with E-state index in [9.17, 15) is 0 Å². The monoisotopic (exact) mass is 255 g/mol. The molecule has 0 aromatic carbocycles. The van der Waals surface area contributed by atoms with Gasteiger partial charge in [-0.3, -0.25) is 9.97 Å². The summed E-state index contributed by atoms with van der Waals surface area (Å²) in [6, 6.07) is 4.06. The molecule has 2 aromatic rings. The Hall–Kier alpha value is -2.04. The molecule has 1 aliphatic rings. The SMILES string of the molecule is Cc1ccc(N2CCC(c3cnccn3)CC2)nn1. The van der Waals surface area contributed by atoms with E-state index in [0.717, 1.165) is 43.1 Å². The second-order valence-electron chi connectivity index (χ2n) is 4.92. The summed E-state index contributed by atoms with van der Waals surface area (Å²) in [5.41, 5.74) is 2.07. The molecular formula is C14H17N5. The lowest BCUT2D eigenvalue weighted by molar-refractivity contribution is 0.491.